The third-order valence-corrected chi connectivity index (χ3v) is 17.8. The normalized spacial score (nSPS) is 10.3. The summed E-state index contributed by atoms with van der Waals surface area (Å²) in [6.07, 6.45) is 0. The van der Waals surface area contributed by atoms with E-state index < -0.39 is 0 Å². The van der Waals surface area contributed by atoms with Crippen LogP contribution in [0, 0.1) is 96.9 Å². The van der Waals surface area contributed by atoms with Crippen molar-refractivity contribution < 1.29 is 0 Å². The highest BCUT2D eigenvalue weighted by Gasteiger charge is 2.07. The van der Waals surface area contributed by atoms with E-state index in [9.17, 15) is 0 Å². The minimum atomic E-state index is 1.26. The highest BCUT2D eigenvalue weighted by Crippen LogP contribution is 2.32. The van der Waals surface area contributed by atoms with Gasteiger partial charge in [-0.2, -0.15) is 0 Å². The Balaban J connectivity index is 0.000000139. The second-order valence-corrected chi connectivity index (χ2v) is 26.9. The van der Waals surface area contributed by atoms with Gasteiger partial charge >= 0.3 is 0 Å². The summed E-state index contributed by atoms with van der Waals surface area (Å²) in [5.74, 6) is 0. The molecule has 0 bridgehead atoms. The number of hydrogen-bond donors (Lipinski definition) is 0. The molecule has 498 valence electrons. The van der Waals surface area contributed by atoms with Gasteiger partial charge in [0.1, 0.15) is 0 Å². The zero-order valence-corrected chi connectivity index (χ0v) is 61.3. The summed E-state index contributed by atoms with van der Waals surface area (Å²) in [5.41, 5.74) is 33.8. The Kier molecular flexibility index (Phi) is 26.6. The van der Waals surface area contributed by atoms with Crippen molar-refractivity contribution in [1.29, 1.82) is 0 Å². The first-order valence-corrected chi connectivity index (χ1v) is 35.0. The molecule has 0 heteroatoms. The Morgan fingerprint density at radius 3 is 0.710 bits per heavy atom. The topological polar surface area (TPSA) is 0 Å². The molecule has 0 saturated carbocycles. The van der Waals surface area contributed by atoms with Crippen molar-refractivity contribution in [3.63, 3.8) is 0 Å². The van der Waals surface area contributed by atoms with E-state index in [2.05, 4.69) is 437 Å². The Morgan fingerprint density at radius 2 is 0.370 bits per heavy atom. The van der Waals surface area contributed by atoms with Gasteiger partial charge in [-0.1, -0.05) is 406 Å². The monoisotopic (exact) mass is 1300 g/mol. The first-order valence-electron chi connectivity index (χ1n) is 35.0. The standard InChI is InChI=1S/C20H18.2C18H16.2C14H14.2C8H10/c1-15-3-7-17(8-4-15)19-11-13-20(14-12-19)18-9-5-16(2)6-10-18;1-13-3-6-15(7-4-13)17-10-9-16-11-14(2)5-8-18(16)12-17;1-13-7-10-15(11-8-13)17-12-9-14(2)16-5-3-4-6-18(16)17;1-11-3-7-13(8-4-11)14-9-5-12(2)6-10-14;1-11-6-8-13(9-7-11)14-5-3-4-12(2)10-14;1-7-3-5-8(2)6-4-7;1-7-4-3-5-8(2)6-7/h3-14H,1-2H3;2*3-12H,1-2H3;2*3-10H,1-2H3;2*3-6H,1-2H3. The van der Waals surface area contributed by atoms with Crippen molar-refractivity contribution in [2.75, 3.05) is 0 Å². The summed E-state index contributed by atoms with van der Waals surface area (Å²) in [6, 6.07) is 121. The van der Waals surface area contributed by atoms with E-state index in [1.54, 1.807) is 0 Å². The van der Waals surface area contributed by atoms with E-state index in [-0.39, 0.29) is 0 Å². The van der Waals surface area contributed by atoms with Crippen LogP contribution in [0.3, 0.4) is 0 Å². The molecule has 15 aromatic carbocycles. The van der Waals surface area contributed by atoms with Gasteiger partial charge in [-0.3, -0.25) is 0 Å². The third-order valence-electron chi connectivity index (χ3n) is 17.8. The van der Waals surface area contributed by atoms with Crippen molar-refractivity contribution in [2.45, 2.75) is 96.9 Å². The van der Waals surface area contributed by atoms with E-state index in [1.165, 1.54) is 166 Å². The van der Waals surface area contributed by atoms with Gasteiger partial charge in [-0.05, 0) is 197 Å². The van der Waals surface area contributed by atoms with Crippen LogP contribution >= 0.6 is 0 Å². The van der Waals surface area contributed by atoms with E-state index >= 15 is 0 Å². The molecule has 0 aromatic heterocycles. The molecule has 15 aromatic rings. The highest BCUT2D eigenvalue weighted by atomic mass is 14.1. The number of rotatable bonds is 6. The van der Waals surface area contributed by atoms with E-state index in [4.69, 9.17) is 0 Å². The van der Waals surface area contributed by atoms with Crippen LogP contribution in [0.2, 0.25) is 0 Å². The van der Waals surface area contributed by atoms with Gasteiger partial charge in [0, 0.05) is 0 Å². The molecule has 100 heavy (non-hydrogen) atoms. The number of benzene rings is 15. The number of hydrogen-bond acceptors (Lipinski definition) is 0. The molecule has 0 amide bonds. The van der Waals surface area contributed by atoms with Crippen molar-refractivity contribution in [3.05, 3.63) is 418 Å². The summed E-state index contributed by atoms with van der Waals surface area (Å²) >= 11 is 0. The zero-order valence-electron chi connectivity index (χ0n) is 61.3. The van der Waals surface area contributed by atoms with Crippen LogP contribution in [-0.2, 0) is 0 Å². The predicted octanol–water partition coefficient (Wildman–Crippen LogP) is 28.4. The molecule has 0 heterocycles. The Labute approximate surface area is 599 Å². The molecule has 0 spiro atoms. The SMILES string of the molecule is Cc1ccc(-c2ccc(-c3ccc(C)cc3)cc2)cc1.Cc1ccc(-c2ccc(C)c3ccccc23)cc1.Cc1ccc(-c2ccc(C)cc2)cc1.Cc1ccc(-c2ccc3cc(C)ccc3c2)cc1.Cc1ccc(-c2cccc(C)c2)cc1.Cc1ccc(C)cc1.Cc1cccc(C)c1. The highest BCUT2D eigenvalue weighted by molar-refractivity contribution is 5.98. The fourth-order valence-electron chi connectivity index (χ4n) is 11.6. The molecule has 0 aliphatic carbocycles. The van der Waals surface area contributed by atoms with Gasteiger partial charge < -0.3 is 0 Å². The van der Waals surface area contributed by atoms with Crippen molar-refractivity contribution in [2.24, 2.45) is 0 Å². The molecule has 0 unspecified atom stereocenters. The lowest BCUT2D eigenvalue weighted by atomic mass is 9.95. The minimum absolute atomic E-state index is 1.26. The Bertz CT molecular complexity index is 4830. The molecule has 0 fully saturated rings. The average Bonchev–Trinajstić information content (AvgIpc) is 0.754. The van der Waals surface area contributed by atoms with Gasteiger partial charge in [0.15, 0.2) is 0 Å². The molecule has 0 nitrogen and oxygen atoms in total. The van der Waals surface area contributed by atoms with Crippen LogP contribution in [0.25, 0.3) is 88.3 Å². The van der Waals surface area contributed by atoms with Gasteiger partial charge in [-0.25, -0.2) is 0 Å². The summed E-state index contributed by atoms with van der Waals surface area (Å²) in [6.45, 7) is 29.6. The second-order valence-electron chi connectivity index (χ2n) is 26.9. The predicted molar refractivity (Wildman–Crippen MR) is 439 cm³/mol. The maximum atomic E-state index is 2.26. The maximum Gasteiger partial charge on any atom is -0.0103 e. The van der Waals surface area contributed by atoms with Gasteiger partial charge in [0.2, 0.25) is 0 Å². The minimum Gasteiger partial charge on any atom is -0.0617 e. The summed E-state index contributed by atoms with van der Waals surface area (Å²) in [4.78, 5) is 0. The fourth-order valence-corrected chi connectivity index (χ4v) is 11.6. The molecule has 0 atom stereocenters. The van der Waals surface area contributed by atoms with Gasteiger partial charge in [-0.15, -0.1) is 0 Å². The van der Waals surface area contributed by atoms with E-state index in [0.717, 1.165) is 0 Å². The number of aryl methyl sites for hydroxylation is 14. The van der Waals surface area contributed by atoms with Gasteiger partial charge in [0.25, 0.3) is 0 Å². The van der Waals surface area contributed by atoms with Crippen molar-refractivity contribution in [3.8, 4) is 66.8 Å². The molecule has 0 saturated heterocycles. The zero-order chi connectivity index (χ0) is 70.9. The molecule has 0 N–H and O–H groups in total. The first kappa shape index (κ1) is 73.1. The molecular weight excluding hydrogens is 1200 g/mol. The maximum absolute atomic E-state index is 2.26. The first-order chi connectivity index (χ1) is 48.3. The molecule has 0 aliphatic heterocycles. The van der Waals surface area contributed by atoms with E-state index in [1.807, 2.05) is 0 Å². The Morgan fingerprint density at radius 1 is 0.130 bits per heavy atom. The summed E-state index contributed by atoms with van der Waals surface area (Å²) < 4.78 is 0. The summed E-state index contributed by atoms with van der Waals surface area (Å²) in [5, 5.41) is 5.29. The quantitative estimate of drug-likeness (QED) is 0.156. The smallest absolute Gasteiger partial charge is 0.0103 e. The van der Waals surface area contributed by atoms with Crippen molar-refractivity contribution in [1.82, 2.24) is 0 Å². The van der Waals surface area contributed by atoms with Crippen molar-refractivity contribution >= 4 is 21.5 Å². The average molecular weight is 1300 g/mol. The van der Waals surface area contributed by atoms with Crippen LogP contribution < -0.4 is 0 Å². The summed E-state index contributed by atoms with van der Waals surface area (Å²) in [7, 11) is 0. The molecule has 15 rings (SSSR count). The van der Waals surface area contributed by atoms with Crippen LogP contribution in [0.4, 0.5) is 0 Å². The second kappa shape index (κ2) is 36.4. The van der Waals surface area contributed by atoms with Crippen LogP contribution in [0.5, 0.6) is 0 Å². The van der Waals surface area contributed by atoms with E-state index in [0.29, 0.717) is 0 Å². The van der Waals surface area contributed by atoms with Crippen LogP contribution in [-0.4, -0.2) is 0 Å². The van der Waals surface area contributed by atoms with Gasteiger partial charge in [0.05, 0.1) is 0 Å². The largest absolute Gasteiger partial charge is 0.0617 e. The lowest BCUT2D eigenvalue weighted by Crippen LogP contribution is -1.84. The fraction of sp³-hybridized carbons (Fsp3) is 0.140. The number of fused-ring (bicyclic) bond motifs is 2. The molecule has 0 radical (unpaired) electrons. The third kappa shape index (κ3) is 22.4. The lowest BCUT2D eigenvalue weighted by Gasteiger charge is -2.09. The molecular formula is C100H98. The Hall–Kier alpha value is -11.2. The molecule has 0 aliphatic rings. The van der Waals surface area contributed by atoms with Crippen LogP contribution in [0.1, 0.15) is 77.9 Å². The lowest BCUT2D eigenvalue weighted by molar-refractivity contribution is 1.39. The van der Waals surface area contributed by atoms with Crippen LogP contribution in [0.15, 0.2) is 340 Å².